The molecule has 1 fully saturated rings. The van der Waals surface area contributed by atoms with Gasteiger partial charge in [-0.2, -0.15) is 0 Å². The van der Waals surface area contributed by atoms with E-state index in [-0.39, 0.29) is 18.0 Å². The summed E-state index contributed by atoms with van der Waals surface area (Å²) in [6.45, 7) is 1.59. The van der Waals surface area contributed by atoms with Crippen molar-refractivity contribution in [2.24, 2.45) is 0 Å². The first-order valence-corrected chi connectivity index (χ1v) is 10.5. The number of esters is 1. The summed E-state index contributed by atoms with van der Waals surface area (Å²) in [5.74, 6) is 1.26. The monoisotopic (exact) mass is 417 g/mol. The average molecular weight is 418 g/mol. The summed E-state index contributed by atoms with van der Waals surface area (Å²) in [5, 5.41) is 3.34. The number of ether oxygens (including phenoxy) is 3. The van der Waals surface area contributed by atoms with Gasteiger partial charge in [-0.05, 0) is 53.9 Å². The second-order valence-electron chi connectivity index (χ2n) is 7.60. The van der Waals surface area contributed by atoms with Crippen molar-refractivity contribution in [3.63, 3.8) is 0 Å². The molecule has 5 nitrogen and oxygen atoms in total. The maximum atomic E-state index is 12.8. The number of nitrogens with one attached hydrogen (secondary N) is 1. The number of rotatable bonds is 6. The lowest BCUT2D eigenvalue weighted by Crippen LogP contribution is -2.42. The van der Waals surface area contributed by atoms with E-state index in [9.17, 15) is 4.79 Å². The Bertz CT molecular complexity index is 1020. The molecule has 1 saturated heterocycles. The van der Waals surface area contributed by atoms with Crippen molar-refractivity contribution < 1.29 is 19.0 Å². The first-order chi connectivity index (χ1) is 15.2. The SMILES string of the molecule is COc1ccc(-c2ccc(C(=O)O[C@H]3CNCC[C@@H]3c3ccccc3)cc2)cc1OC. The fourth-order valence-corrected chi connectivity index (χ4v) is 4.06. The Kier molecular flexibility index (Phi) is 6.53. The Labute approximate surface area is 183 Å². The number of carbonyl (C=O) groups excluding carboxylic acids is 1. The molecule has 0 unspecified atom stereocenters. The van der Waals surface area contributed by atoms with Crippen LogP contribution in [0.15, 0.2) is 72.8 Å². The van der Waals surface area contributed by atoms with E-state index in [0.29, 0.717) is 23.6 Å². The van der Waals surface area contributed by atoms with Crippen LogP contribution in [-0.2, 0) is 4.74 Å². The maximum absolute atomic E-state index is 12.8. The van der Waals surface area contributed by atoms with Crippen molar-refractivity contribution in [3.8, 4) is 22.6 Å². The molecule has 2 atom stereocenters. The van der Waals surface area contributed by atoms with Gasteiger partial charge in [-0.1, -0.05) is 48.5 Å². The predicted octanol–water partition coefficient (Wildman–Crippen LogP) is 4.67. The number of benzene rings is 3. The molecule has 0 spiro atoms. The van der Waals surface area contributed by atoms with Crippen molar-refractivity contribution in [2.75, 3.05) is 27.3 Å². The lowest BCUT2D eigenvalue weighted by Gasteiger charge is -2.32. The number of hydrogen-bond donors (Lipinski definition) is 1. The molecule has 0 radical (unpaired) electrons. The molecule has 31 heavy (non-hydrogen) atoms. The molecule has 3 aromatic rings. The van der Waals surface area contributed by atoms with Gasteiger partial charge in [-0.15, -0.1) is 0 Å². The second kappa shape index (κ2) is 9.67. The van der Waals surface area contributed by atoms with Gasteiger partial charge in [-0.25, -0.2) is 4.79 Å². The summed E-state index contributed by atoms with van der Waals surface area (Å²) in [6, 6.07) is 23.5. The van der Waals surface area contributed by atoms with E-state index >= 15 is 0 Å². The highest BCUT2D eigenvalue weighted by Gasteiger charge is 2.29. The number of carbonyl (C=O) groups is 1. The predicted molar refractivity (Wildman–Crippen MR) is 121 cm³/mol. The van der Waals surface area contributed by atoms with Crippen molar-refractivity contribution in [2.45, 2.75) is 18.4 Å². The highest BCUT2D eigenvalue weighted by molar-refractivity contribution is 5.90. The lowest BCUT2D eigenvalue weighted by molar-refractivity contribution is 0.0182. The third kappa shape index (κ3) is 4.72. The molecule has 0 saturated carbocycles. The molecule has 5 heteroatoms. The molecule has 1 heterocycles. The van der Waals surface area contributed by atoms with E-state index in [0.717, 1.165) is 24.1 Å². The molecular weight excluding hydrogens is 390 g/mol. The number of hydrogen-bond acceptors (Lipinski definition) is 5. The summed E-state index contributed by atoms with van der Waals surface area (Å²) in [5.41, 5.74) is 3.73. The van der Waals surface area contributed by atoms with Crippen LogP contribution < -0.4 is 14.8 Å². The van der Waals surface area contributed by atoms with Gasteiger partial charge >= 0.3 is 5.97 Å². The van der Waals surface area contributed by atoms with Crippen LogP contribution in [0.1, 0.15) is 28.3 Å². The van der Waals surface area contributed by atoms with Crippen LogP contribution in [0.2, 0.25) is 0 Å². The van der Waals surface area contributed by atoms with Gasteiger partial charge in [0.2, 0.25) is 0 Å². The van der Waals surface area contributed by atoms with Gasteiger partial charge < -0.3 is 19.5 Å². The van der Waals surface area contributed by atoms with Gasteiger partial charge in [0.1, 0.15) is 6.10 Å². The van der Waals surface area contributed by atoms with E-state index in [2.05, 4.69) is 17.4 Å². The summed E-state index contributed by atoms with van der Waals surface area (Å²) < 4.78 is 16.6. The number of piperidine rings is 1. The van der Waals surface area contributed by atoms with E-state index in [1.807, 2.05) is 60.7 Å². The summed E-state index contributed by atoms with van der Waals surface area (Å²) in [7, 11) is 3.23. The zero-order valence-electron chi connectivity index (χ0n) is 17.8. The molecule has 1 aliphatic rings. The molecule has 0 aromatic heterocycles. The van der Waals surface area contributed by atoms with Crippen molar-refractivity contribution in [1.29, 1.82) is 0 Å². The van der Waals surface area contributed by atoms with Crippen LogP contribution >= 0.6 is 0 Å². The standard InChI is InChI=1S/C26H27NO4/c1-29-23-13-12-21(16-24(23)30-2)18-8-10-20(11-9-18)26(28)31-25-17-27-15-14-22(25)19-6-4-3-5-7-19/h3-13,16,22,25,27H,14-15,17H2,1-2H3/t22-,25+/m1/s1. The Morgan fingerprint density at radius 2 is 1.58 bits per heavy atom. The van der Waals surface area contributed by atoms with Gasteiger partial charge in [-0.3, -0.25) is 0 Å². The van der Waals surface area contributed by atoms with Crippen LogP contribution in [0, 0.1) is 0 Å². The quantitative estimate of drug-likeness (QED) is 0.591. The molecular formula is C26H27NO4. The van der Waals surface area contributed by atoms with Crippen LogP contribution in [0.25, 0.3) is 11.1 Å². The third-order valence-corrected chi connectivity index (χ3v) is 5.75. The van der Waals surface area contributed by atoms with Gasteiger partial charge in [0.05, 0.1) is 19.8 Å². The van der Waals surface area contributed by atoms with Gasteiger partial charge in [0.25, 0.3) is 0 Å². The Balaban J connectivity index is 1.48. The van der Waals surface area contributed by atoms with E-state index in [1.54, 1.807) is 14.2 Å². The zero-order valence-corrected chi connectivity index (χ0v) is 17.8. The Hall–Kier alpha value is -3.31. The van der Waals surface area contributed by atoms with Crippen molar-refractivity contribution in [3.05, 3.63) is 83.9 Å². The van der Waals surface area contributed by atoms with Crippen LogP contribution in [0.3, 0.4) is 0 Å². The van der Waals surface area contributed by atoms with Crippen molar-refractivity contribution >= 4 is 5.97 Å². The van der Waals surface area contributed by atoms with Crippen molar-refractivity contribution in [1.82, 2.24) is 5.32 Å². The van der Waals surface area contributed by atoms with E-state index in [4.69, 9.17) is 14.2 Å². The van der Waals surface area contributed by atoms with E-state index < -0.39 is 0 Å². The third-order valence-electron chi connectivity index (χ3n) is 5.75. The number of methoxy groups -OCH3 is 2. The van der Waals surface area contributed by atoms with E-state index in [1.165, 1.54) is 5.56 Å². The first kappa shape index (κ1) is 20.9. The zero-order chi connectivity index (χ0) is 21.6. The minimum absolute atomic E-state index is 0.186. The Morgan fingerprint density at radius 1 is 0.871 bits per heavy atom. The summed E-state index contributed by atoms with van der Waals surface area (Å²) in [6.07, 6.45) is 0.759. The van der Waals surface area contributed by atoms with Gasteiger partial charge in [0, 0.05) is 12.5 Å². The molecule has 4 rings (SSSR count). The second-order valence-corrected chi connectivity index (χ2v) is 7.60. The normalized spacial score (nSPS) is 18.3. The lowest BCUT2D eigenvalue weighted by atomic mass is 9.88. The summed E-state index contributed by atoms with van der Waals surface area (Å²) >= 11 is 0. The minimum atomic E-state index is -0.298. The molecule has 3 aromatic carbocycles. The fourth-order valence-electron chi connectivity index (χ4n) is 4.06. The molecule has 1 N–H and O–H groups in total. The largest absolute Gasteiger partial charge is 0.493 e. The fraction of sp³-hybridized carbons (Fsp3) is 0.269. The van der Waals surface area contributed by atoms with Crippen LogP contribution in [0.5, 0.6) is 11.5 Å². The topological polar surface area (TPSA) is 56.8 Å². The highest BCUT2D eigenvalue weighted by atomic mass is 16.5. The molecule has 0 aliphatic carbocycles. The molecule has 0 amide bonds. The maximum Gasteiger partial charge on any atom is 0.338 e. The van der Waals surface area contributed by atoms with Gasteiger partial charge in [0.15, 0.2) is 11.5 Å². The van der Waals surface area contributed by atoms with Crippen LogP contribution in [-0.4, -0.2) is 39.4 Å². The smallest absolute Gasteiger partial charge is 0.338 e. The Morgan fingerprint density at radius 3 is 2.29 bits per heavy atom. The average Bonchev–Trinajstić information content (AvgIpc) is 2.84. The molecule has 1 aliphatic heterocycles. The highest BCUT2D eigenvalue weighted by Crippen LogP contribution is 2.33. The first-order valence-electron chi connectivity index (χ1n) is 10.5. The molecule has 160 valence electrons. The molecule has 0 bridgehead atoms. The summed E-state index contributed by atoms with van der Waals surface area (Å²) in [4.78, 5) is 12.8. The van der Waals surface area contributed by atoms with Crippen LogP contribution in [0.4, 0.5) is 0 Å². The minimum Gasteiger partial charge on any atom is -0.493 e.